The second kappa shape index (κ2) is 4.56. The highest BCUT2D eigenvalue weighted by atomic mass is 79.9. The first-order chi connectivity index (χ1) is 7.20. The molecule has 2 rings (SSSR count). The summed E-state index contributed by atoms with van der Waals surface area (Å²) in [5.41, 5.74) is 1.89. The van der Waals surface area contributed by atoms with E-state index in [4.69, 9.17) is 23.2 Å². The van der Waals surface area contributed by atoms with Crippen molar-refractivity contribution in [1.82, 2.24) is 0 Å². The highest BCUT2D eigenvalue weighted by Gasteiger charge is 2.08. The van der Waals surface area contributed by atoms with Gasteiger partial charge in [-0.3, -0.25) is 0 Å². The Morgan fingerprint density at radius 2 is 1.47 bits per heavy atom. The van der Waals surface area contributed by atoms with E-state index in [1.807, 2.05) is 42.5 Å². The third kappa shape index (κ3) is 2.20. The second-order valence-electron chi connectivity index (χ2n) is 3.08. The maximum atomic E-state index is 6.19. The molecule has 3 heteroatoms. The Balaban J connectivity index is 2.65. The van der Waals surface area contributed by atoms with E-state index in [0.717, 1.165) is 15.6 Å². The van der Waals surface area contributed by atoms with Crippen LogP contribution in [-0.2, 0) is 0 Å². The molecule has 0 aromatic heterocycles. The van der Waals surface area contributed by atoms with Gasteiger partial charge in [0.25, 0.3) is 0 Å². The first-order valence-electron chi connectivity index (χ1n) is 4.39. The van der Waals surface area contributed by atoms with Gasteiger partial charge in [-0.2, -0.15) is 0 Å². The lowest BCUT2D eigenvalue weighted by Gasteiger charge is -2.07. The third-order valence-electron chi connectivity index (χ3n) is 2.12. The summed E-state index contributed by atoms with van der Waals surface area (Å²) in [5, 5.41) is 1.39. The summed E-state index contributed by atoms with van der Waals surface area (Å²) < 4.78 is 0.876. The van der Waals surface area contributed by atoms with Crippen LogP contribution >= 0.6 is 39.1 Å². The van der Waals surface area contributed by atoms with E-state index in [1.54, 1.807) is 0 Å². The van der Waals surface area contributed by atoms with E-state index < -0.39 is 0 Å². The fraction of sp³-hybridized carbons (Fsp3) is 0. The predicted octanol–water partition coefficient (Wildman–Crippen LogP) is 5.42. The van der Waals surface area contributed by atoms with Crippen LogP contribution in [0.2, 0.25) is 10.0 Å². The SMILES string of the molecule is Clc1ccccc1-c1cccc(Br)c1Cl. The monoisotopic (exact) mass is 300 g/mol. The van der Waals surface area contributed by atoms with E-state index in [1.165, 1.54) is 0 Å². The van der Waals surface area contributed by atoms with Gasteiger partial charge in [0.1, 0.15) is 0 Å². The zero-order valence-electron chi connectivity index (χ0n) is 7.68. The van der Waals surface area contributed by atoms with Gasteiger partial charge in [0.2, 0.25) is 0 Å². The molecule has 0 saturated carbocycles. The Morgan fingerprint density at radius 1 is 0.800 bits per heavy atom. The maximum Gasteiger partial charge on any atom is 0.0626 e. The Hall–Kier alpha value is -0.500. The number of halogens is 3. The smallest absolute Gasteiger partial charge is 0.0626 e. The quantitative estimate of drug-likeness (QED) is 0.659. The van der Waals surface area contributed by atoms with Gasteiger partial charge in [0, 0.05) is 20.6 Å². The van der Waals surface area contributed by atoms with Gasteiger partial charge in [-0.1, -0.05) is 53.5 Å². The molecule has 15 heavy (non-hydrogen) atoms. The second-order valence-corrected chi connectivity index (χ2v) is 4.72. The van der Waals surface area contributed by atoms with E-state index in [-0.39, 0.29) is 0 Å². The van der Waals surface area contributed by atoms with Gasteiger partial charge in [-0.15, -0.1) is 0 Å². The fourth-order valence-electron chi connectivity index (χ4n) is 1.39. The highest BCUT2D eigenvalue weighted by molar-refractivity contribution is 9.10. The van der Waals surface area contributed by atoms with Crippen LogP contribution in [0.25, 0.3) is 11.1 Å². The van der Waals surface area contributed by atoms with E-state index >= 15 is 0 Å². The van der Waals surface area contributed by atoms with Crippen molar-refractivity contribution in [2.75, 3.05) is 0 Å². The molecule has 0 unspecified atom stereocenters. The topological polar surface area (TPSA) is 0 Å². The summed E-state index contributed by atoms with van der Waals surface area (Å²) in [6.07, 6.45) is 0. The van der Waals surface area contributed by atoms with E-state index in [0.29, 0.717) is 10.0 Å². The zero-order chi connectivity index (χ0) is 10.8. The van der Waals surface area contributed by atoms with Gasteiger partial charge >= 0.3 is 0 Å². The third-order valence-corrected chi connectivity index (χ3v) is 3.74. The van der Waals surface area contributed by atoms with Crippen molar-refractivity contribution in [2.24, 2.45) is 0 Å². The molecule has 0 saturated heterocycles. The number of benzene rings is 2. The Kier molecular flexibility index (Phi) is 3.35. The van der Waals surface area contributed by atoms with Crippen LogP contribution in [0.15, 0.2) is 46.9 Å². The summed E-state index contributed by atoms with van der Waals surface area (Å²) in [5.74, 6) is 0. The van der Waals surface area contributed by atoms with Crippen molar-refractivity contribution in [3.8, 4) is 11.1 Å². The van der Waals surface area contributed by atoms with Crippen LogP contribution in [0.1, 0.15) is 0 Å². The molecule has 0 fully saturated rings. The fourth-order valence-corrected chi connectivity index (χ4v) is 2.22. The Bertz CT molecular complexity index is 495. The van der Waals surface area contributed by atoms with Crippen molar-refractivity contribution in [1.29, 1.82) is 0 Å². The molecule has 0 N–H and O–H groups in total. The van der Waals surface area contributed by atoms with Crippen molar-refractivity contribution < 1.29 is 0 Å². The van der Waals surface area contributed by atoms with Crippen molar-refractivity contribution in [2.45, 2.75) is 0 Å². The molecule has 76 valence electrons. The van der Waals surface area contributed by atoms with Gasteiger partial charge < -0.3 is 0 Å². The minimum absolute atomic E-state index is 0.686. The molecule has 0 bridgehead atoms. The summed E-state index contributed by atoms with van der Waals surface area (Å²) in [7, 11) is 0. The molecule has 2 aromatic rings. The van der Waals surface area contributed by atoms with Crippen molar-refractivity contribution in [3.05, 3.63) is 57.0 Å². The normalized spacial score (nSPS) is 10.3. The van der Waals surface area contributed by atoms with E-state index in [9.17, 15) is 0 Å². The maximum absolute atomic E-state index is 6.19. The zero-order valence-corrected chi connectivity index (χ0v) is 10.8. The molecular weight excluding hydrogens is 295 g/mol. The minimum Gasteiger partial charge on any atom is -0.0837 e. The lowest BCUT2D eigenvalue weighted by atomic mass is 10.1. The summed E-state index contributed by atoms with van der Waals surface area (Å²) in [4.78, 5) is 0. The average molecular weight is 302 g/mol. The predicted molar refractivity (Wildman–Crippen MR) is 69.6 cm³/mol. The molecular formula is C12H7BrCl2. The first kappa shape index (κ1) is 11.0. The minimum atomic E-state index is 0.686. The van der Waals surface area contributed by atoms with Crippen molar-refractivity contribution >= 4 is 39.1 Å². The summed E-state index contributed by atoms with van der Waals surface area (Å²) in [6.45, 7) is 0. The Morgan fingerprint density at radius 3 is 2.20 bits per heavy atom. The molecule has 2 aromatic carbocycles. The van der Waals surface area contributed by atoms with Crippen LogP contribution < -0.4 is 0 Å². The van der Waals surface area contributed by atoms with E-state index in [2.05, 4.69) is 15.9 Å². The van der Waals surface area contributed by atoms with Gasteiger partial charge in [-0.25, -0.2) is 0 Å². The molecule has 0 aliphatic heterocycles. The first-order valence-corrected chi connectivity index (χ1v) is 5.94. The standard InChI is InChI=1S/C12H7BrCl2/c13-10-6-3-5-9(12(10)15)8-4-1-2-7-11(8)14/h1-7H. The van der Waals surface area contributed by atoms with Gasteiger partial charge in [0.05, 0.1) is 5.02 Å². The van der Waals surface area contributed by atoms with Gasteiger partial charge in [-0.05, 0) is 28.1 Å². The molecule has 0 amide bonds. The molecule has 0 aliphatic carbocycles. The molecule has 0 atom stereocenters. The van der Waals surface area contributed by atoms with Crippen LogP contribution in [-0.4, -0.2) is 0 Å². The largest absolute Gasteiger partial charge is 0.0837 e. The lowest BCUT2D eigenvalue weighted by Crippen LogP contribution is -1.81. The number of hydrogen-bond acceptors (Lipinski definition) is 0. The molecule has 0 spiro atoms. The summed E-state index contributed by atoms with van der Waals surface area (Å²) in [6, 6.07) is 13.5. The van der Waals surface area contributed by atoms with Crippen LogP contribution in [0.5, 0.6) is 0 Å². The van der Waals surface area contributed by atoms with Gasteiger partial charge in [0.15, 0.2) is 0 Å². The van der Waals surface area contributed by atoms with Crippen LogP contribution in [0.3, 0.4) is 0 Å². The number of rotatable bonds is 1. The average Bonchev–Trinajstić information content (AvgIpc) is 2.23. The molecule has 0 heterocycles. The molecule has 0 radical (unpaired) electrons. The van der Waals surface area contributed by atoms with Crippen LogP contribution in [0.4, 0.5) is 0 Å². The molecule has 0 nitrogen and oxygen atoms in total. The summed E-state index contributed by atoms with van der Waals surface area (Å²) >= 11 is 15.7. The highest BCUT2D eigenvalue weighted by Crippen LogP contribution is 2.36. The molecule has 0 aliphatic rings. The number of hydrogen-bond donors (Lipinski definition) is 0. The van der Waals surface area contributed by atoms with Crippen molar-refractivity contribution in [3.63, 3.8) is 0 Å². The lowest BCUT2D eigenvalue weighted by molar-refractivity contribution is 1.59. The van der Waals surface area contributed by atoms with Crippen LogP contribution in [0, 0.1) is 0 Å². The Labute approximate surface area is 107 Å².